The minimum absolute atomic E-state index is 0.146. The van der Waals surface area contributed by atoms with Crippen LogP contribution in [0.5, 0.6) is 5.88 Å². The number of pyridine rings is 3. The molecule has 0 bridgehead atoms. The van der Waals surface area contributed by atoms with E-state index < -0.39 is 16.5 Å². The highest BCUT2D eigenvalue weighted by atomic mass is 35.5. The third kappa shape index (κ3) is 4.73. The van der Waals surface area contributed by atoms with Gasteiger partial charge in [-0.1, -0.05) is 48.0 Å². The van der Waals surface area contributed by atoms with Crippen LogP contribution in [-0.4, -0.2) is 36.5 Å². The highest BCUT2D eigenvalue weighted by Gasteiger charge is 2.25. The highest BCUT2D eigenvalue weighted by molar-refractivity contribution is 6.36. The van der Waals surface area contributed by atoms with E-state index in [2.05, 4.69) is 25.3 Å². The second-order valence-electron chi connectivity index (χ2n) is 9.57. The summed E-state index contributed by atoms with van der Waals surface area (Å²) in [5.74, 6) is 0.125. The molecule has 13 heteroatoms. The zero-order valence-electron chi connectivity index (χ0n) is 22.7. The Morgan fingerprint density at radius 1 is 1.05 bits per heavy atom. The summed E-state index contributed by atoms with van der Waals surface area (Å²) in [5.41, 5.74) is 1.04. The Bertz CT molecular complexity index is 2160. The van der Waals surface area contributed by atoms with Crippen LogP contribution in [0.25, 0.3) is 38.6 Å². The molecule has 2 aromatic carbocycles. The Hall–Kier alpha value is -5.62. The number of methoxy groups -OCH3 is 1. The number of aromatic nitrogens is 5. The van der Waals surface area contributed by atoms with Crippen molar-refractivity contribution in [3.05, 3.63) is 121 Å². The quantitative estimate of drug-likeness (QED) is 0.181. The molecule has 0 saturated heterocycles. The predicted molar refractivity (Wildman–Crippen MR) is 163 cm³/mol. The summed E-state index contributed by atoms with van der Waals surface area (Å²) in [4.78, 5) is 53.8. The lowest BCUT2D eigenvalue weighted by atomic mass is 9.98. The van der Waals surface area contributed by atoms with Crippen LogP contribution in [0.3, 0.4) is 0 Å². The first kappa shape index (κ1) is 27.5. The van der Waals surface area contributed by atoms with Gasteiger partial charge < -0.3 is 15.0 Å². The van der Waals surface area contributed by atoms with Crippen LogP contribution in [0.4, 0.5) is 11.5 Å². The molecule has 43 heavy (non-hydrogen) atoms. The van der Waals surface area contributed by atoms with Crippen molar-refractivity contribution in [2.75, 3.05) is 12.4 Å². The van der Waals surface area contributed by atoms with Gasteiger partial charge in [-0.15, -0.1) is 0 Å². The Morgan fingerprint density at radius 2 is 1.84 bits per heavy atom. The molecule has 1 atom stereocenters. The van der Waals surface area contributed by atoms with Crippen LogP contribution >= 0.6 is 11.6 Å². The highest BCUT2D eigenvalue weighted by Crippen LogP contribution is 2.38. The van der Waals surface area contributed by atoms with Crippen LogP contribution in [0, 0.1) is 10.1 Å². The summed E-state index contributed by atoms with van der Waals surface area (Å²) < 4.78 is 6.54. The lowest BCUT2D eigenvalue weighted by molar-refractivity contribution is -0.386. The second kappa shape index (κ2) is 11.0. The number of anilines is 1. The van der Waals surface area contributed by atoms with Crippen LogP contribution in [-0.2, 0) is 0 Å². The van der Waals surface area contributed by atoms with E-state index in [1.807, 2.05) is 6.07 Å². The number of ether oxygens (including phenoxy) is 1. The number of halogens is 1. The monoisotopic (exact) mass is 595 g/mol. The Kier molecular flexibility index (Phi) is 7.04. The van der Waals surface area contributed by atoms with E-state index in [4.69, 9.17) is 16.3 Å². The molecule has 0 aliphatic carbocycles. The standard InChI is InChI=1S/C30H22ClN7O5/c1-16(36-28-24-22(39)11-12-32-27(24)34-15-35-28)26-25(31)20-10-6-9-19(17-13-21(38(41)42)29(43-2)33-14-17)23(20)30(40)37(26)18-7-4-3-5-8-18/h3-16H,1-2H3,(H2,32,34,35,36,39)/t16-/m0/s1. The normalized spacial score (nSPS) is 11.9. The summed E-state index contributed by atoms with van der Waals surface area (Å²) >= 11 is 7.12. The molecule has 0 unspecified atom stereocenters. The lowest BCUT2D eigenvalue weighted by Gasteiger charge is -2.24. The minimum Gasteiger partial charge on any atom is -0.476 e. The van der Waals surface area contributed by atoms with Crippen molar-refractivity contribution in [1.82, 2.24) is 24.5 Å². The van der Waals surface area contributed by atoms with Gasteiger partial charge in [0.2, 0.25) is 0 Å². The van der Waals surface area contributed by atoms with Crippen molar-refractivity contribution in [2.45, 2.75) is 13.0 Å². The van der Waals surface area contributed by atoms with Gasteiger partial charge in [0.25, 0.3) is 11.4 Å². The van der Waals surface area contributed by atoms with Crippen molar-refractivity contribution in [3.63, 3.8) is 0 Å². The van der Waals surface area contributed by atoms with Crippen molar-refractivity contribution in [1.29, 1.82) is 0 Å². The topological polar surface area (TPSA) is 158 Å². The number of fused-ring (bicyclic) bond motifs is 2. The van der Waals surface area contributed by atoms with Gasteiger partial charge in [0.05, 0.1) is 34.2 Å². The first-order valence-corrected chi connectivity index (χ1v) is 13.4. The molecule has 6 rings (SSSR count). The number of nitrogens with one attached hydrogen (secondary N) is 2. The van der Waals surface area contributed by atoms with Crippen LogP contribution in [0.1, 0.15) is 18.7 Å². The number of rotatable bonds is 7. The summed E-state index contributed by atoms with van der Waals surface area (Å²) in [6.45, 7) is 1.80. The van der Waals surface area contributed by atoms with Crippen molar-refractivity contribution >= 4 is 44.9 Å². The van der Waals surface area contributed by atoms with E-state index in [0.717, 1.165) is 0 Å². The first-order chi connectivity index (χ1) is 20.8. The molecule has 2 N–H and O–H groups in total. The molecule has 4 aromatic heterocycles. The number of aromatic amines is 1. The van der Waals surface area contributed by atoms with Crippen molar-refractivity contribution in [3.8, 4) is 22.7 Å². The number of benzene rings is 2. The fourth-order valence-electron chi connectivity index (χ4n) is 5.15. The van der Waals surface area contributed by atoms with Crippen LogP contribution in [0.15, 0.2) is 89.0 Å². The number of nitro groups is 1. The summed E-state index contributed by atoms with van der Waals surface area (Å²) in [6.07, 6.45) is 4.24. The van der Waals surface area contributed by atoms with Gasteiger partial charge >= 0.3 is 5.69 Å². The first-order valence-electron chi connectivity index (χ1n) is 13.0. The molecule has 4 heterocycles. The van der Waals surface area contributed by atoms with Crippen molar-refractivity contribution in [2.24, 2.45) is 0 Å². The van der Waals surface area contributed by atoms with E-state index in [-0.39, 0.29) is 38.6 Å². The van der Waals surface area contributed by atoms with Crippen molar-refractivity contribution < 1.29 is 9.66 Å². The SMILES string of the molecule is COc1ncc(-c2cccc3c(Cl)c([C@H](C)Nc4ncnc5[nH]ccc(=O)c45)n(-c4ccccc4)c(=O)c23)cc1[N+](=O)[O-]. The van der Waals surface area contributed by atoms with E-state index in [0.29, 0.717) is 33.5 Å². The number of nitrogens with zero attached hydrogens (tertiary/aromatic N) is 5. The van der Waals surface area contributed by atoms with E-state index >= 15 is 0 Å². The van der Waals surface area contributed by atoms with Crippen LogP contribution in [0.2, 0.25) is 5.02 Å². The average Bonchev–Trinajstić information content (AvgIpc) is 3.02. The summed E-state index contributed by atoms with van der Waals surface area (Å²) in [6, 6.07) is 16.1. The molecular formula is C30H22ClN7O5. The average molecular weight is 596 g/mol. The molecule has 6 aromatic rings. The maximum atomic E-state index is 14.5. The maximum absolute atomic E-state index is 14.5. The number of para-hydroxylation sites is 1. The smallest absolute Gasteiger partial charge is 0.331 e. The van der Waals surface area contributed by atoms with E-state index in [1.165, 1.54) is 42.5 Å². The summed E-state index contributed by atoms with van der Waals surface area (Å²) in [7, 11) is 1.29. The van der Waals surface area contributed by atoms with Gasteiger partial charge in [0, 0.05) is 41.2 Å². The molecule has 0 radical (unpaired) electrons. The molecular weight excluding hydrogens is 574 g/mol. The molecule has 0 spiro atoms. The molecule has 0 saturated carbocycles. The number of H-pyrrole nitrogens is 1. The molecule has 0 amide bonds. The Labute approximate surface area is 247 Å². The van der Waals surface area contributed by atoms with Gasteiger partial charge in [0.15, 0.2) is 5.43 Å². The third-order valence-electron chi connectivity index (χ3n) is 7.04. The molecule has 0 aliphatic rings. The third-order valence-corrected chi connectivity index (χ3v) is 7.44. The number of hydrogen-bond acceptors (Lipinski definition) is 9. The van der Waals surface area contributed by atoms with Gasteiger partial charge in [-0.2, -0.15) is 0 Å². The predicted octanol–water partition coefficient (Wildman–Crippen LogP) is 5.43. The summed E-state index contributed by atoms with van der Waals surface area (Å²) in [5, 5.41) is 16.2. The Morgan fingerprint density at radius 3 is 2.58 bits per heavy atom. The molecule has 0 aliphatic heterocycles. The second-order valence-corrected chi connectivity index (χ2v) is 9.94. The minimum atomic E-state index is -0.630. The fraction of sp³-hybridized carbons (Fsp3) is 0.100. The molecule has 214 valence electrons. The maximum Gasteiger partial charge on any atom is 0.331 e. The molecule has 12 nitrogen and oxygen atoms in total. The van der Waals surface area contributed by atoms with Gasteiger partial charge in [0.1, 0.15) is 23.2 Å². The van der Waals surface area contributed by atoms with Crippen LogP contribution < -0.4 is 21.0 Å². The number of hydrogen-bond donors (Lipinski definition) is 2. The van der Waals surface area contributed by atoms with Gasteiger partial charge in [-0.25, -0.2) is 15.0 Å². The zero-order chi connectivity index (χ0) is 30.2. The molecule has 0 fully saturated rings. The van der Waals surface area contributed by atoms with E-state index in [9.17, 15) is 19.7 Å². The largest absolute Gasteiger partial charge is 0.476 e. The zero-order valence-corrected chi connectivity index (χ0v) is 23.5. The van der Waals surface area contributed by atoms with Gasteiger partial charge in [-0.3, -0.25) is 24.3 Å². The Balaban J connectivity index is 1.61. The fourth-order valence-corrected chi connectivity index (χ4v) is 5.55. The van der Waals surface area contributed by atoms with Gasteiger partial charge in [-0.05, 0) is 24.6 Å². The van der Waals surface area contributed by atoms with E-state index in [1.54, 1.807) is 49.4 Å². The lowest BCUT2D eigenvalue weighted by Crippen LogP contribution is -2.27.